The molecule has 1 aromatic carbocycles. The van der Waals surface area contributed by atoms with Crippen LogP contribution in [0, 0.1) is 5.92 Å². The Bertz CT molecular complexity index is 551. The summed E-state index contributed by atoms with van der Waals surface area (Å²) in [6.45, 7) is 2.01. The van der Waals surface area contributed by atoms with Crippen LogP contribution in [0.5, 0.6) is 0 Å². The molecule has 1 aliphatic heterocycles. The molecule has 3 atom stereocenters. The quantitative estimate of drug-likeness (QED) is 0.494. The van der Waals surface area contributed by atoms with E-state index in [0.29, 0.717) is 18.5 Å². The summed E-state index contributed by atoms with van der Waals surface area (Å²) >= 11 is 0. The molecule has 0 bridgehead atoms. The Labute approximate surface area is 140 Å². The zero-order valence-electron chi connectivity index (χ0n) is 13.6. The van der Waals surface area contributed by atoms with E-state index in [9.17, 15) is 14.7 Å². The number of hydrogen-bond acceptors (Lipinski definition) is 7. The third kappa shape index (κ3) is 5.19. The second kappa shape index (κ2) is 8.62. The van der Waals surface area contributed by atoms with Gasteiger partial charge in [-0.3, -0.25) is 5.43 Å². The highest BCUT2D eigenvalue weighted by Crippen LogP contribution is 2.19. The molecule has 2 rings (SSSR count). The van der Waals surface area contributed by atoms with Crippen LogP contribution in [0.25, 0.3) is 0 Å². The largest absolute Gasteiger partial charge is 0.448 e. The van der Waals surface area contributed by atoms with Gasteiger partial charge in [0.05, 0.1) is 12.6 Å². The van der Waals surface area contributed by atoms with Gasteiger partial charge in [-0.05, 0) is 30.0 Å². The molecule has 3 unspecified atom stereocenters. The highest BCUT2D eigenvalue weighted by atomic mass is 16.6. The van der Waals surface area contributed by atoms with E-state index >= 15 is 0 Å². The maximum absolute atomic E-state index is 11.8. The van der Waals surface area contributed by atoms with Crippen LogP contribution in [-0.4, -0.2) is 48.2 Å². The molecular weight excluding hydrogens is 314 g/mol. The molecule has 24 heavy (non-hydrogen) atoms. The number of nitrogens with two attached hydrogens (primary N) is 1. The third-order valence-corrected chi connectivity index (χ3v) is 3.77. The maximum atomic E-state index is 11.8. The number of hydrazine groups is 1. The van der Waals surface area contributed by atoms with Gasteiger partial charge in [-0.25, -0.2) is 4.79 Å². The van der Waals surface area contributed by atoms with Crippen molar-refractivity contribution in [1.82, 2.24) is 10.4 Å². The van der Waals surface area contributed by atoms with E-state index < -0.39 is 18.4 Å². The van der Waals surface area contributed by atoms with Gasteiger partial charge in [0.25, 0.3) is 0 Å². The van der Waals surface area contributed by atoms with E-state index in [4.69, 9.17) is 15.2 Å². The van der Waals surface area contributed by atoms with E-state index in [-0.39, 0.29) is 19.3 Å². The average Bonchev–Trinajstić information content (AvgIpc) is 2.88. The van der Waals surface area contributed by atoms with E-state index in [0.717, 1.165) is 11.8 Å². The van der Waals surface area contributed by atoms with Gasteiger partial charge < -0.3 is 25.1 Å². The summed E-state index contributed by atoms with van der Waals surface area (Å²) in [5.74, 6) is -0.0424. The molecule has 8 heteroatoms. The van der Waals surface area contributed by atoms with Gasteiger partial charge in [0.1, 0.15) is 13.0 Å². The Kier molecular flexibility index (Phi) is 6.53. The smallest absolute Gasteiger partial charge is 0.421 e. The van der Waals surface area contributed by atoms with Crippen molar-refractivity contribution in [2.24, 2.45) is 5.92 Å². The number of ether oxygens (including phenoxy) is 2. The fourth-order valence-electron chi connectivity index (χ4n) is 2.34. The van der Waals surface area contributed by atoms with Crippen LogP contribution in [0.4, 0.5) is 10.5 Å². The van der Waals surface area contributed by atoms with Crippen LogP contribution in [0.2, 0.25) is 0 Å². The molecule has 0 spiro atoms. The first-order valence-corrected chi connectivity index (χ1v) is 7.77. The minimum Gasteiger partial charge on any atom is -0.448 e. The van der Waals surface area contributed by atoms with Crippen molar-refractivity contribution in [2.45, 2.75) is 32.1 Å². The summed E-state index contributed by atoms with van der Waals surface area (Å²) < 4.78 is 10.2. The number of anilines is 1. The number of amides is 1. The minimum absolute atomic E-state index is 0.0424. The molecular formula is C16H23N3O5. The van der Waals surface area contributed by atoms with Gasteiger partial charge in [0.2, 0.25) is 0 Å². The Hall–Kier alpha value is -2.16. The summed E-state index contributed by atoms with van der Waals surface area (Å²) in [5, 5.41) is 11.5. The Morgan fingerprint density at radius 1 is 1.54 bits per heavy atom. The van der Waals surface area contributed by atoms with Gasteiger partial charge >= 0.3 is 6.09 Å². The Balaban J connectivity index is 1.87. The van der Waals surface area contributed by atoms with E-state index in [1.165, 1.54) is 5.01 Å². The molecule has 0 saturated carbocycles. The van der Waals surface area contributed by atoms with Crippen molar-refractivity contribution in [1.29, 1.82) is 0 Å². The Morgan fingerprint density at radius 2 is 2.25 bits per heavy atom. The van der Waals surface area contributed by atoms with Crippen molar-refractivity contribution in [2.75, 3.05) is 19.1 Å². The summed E-state index contributed by atoms with van der Waals surface area (Å²) in [6.07, 6.45) is -0.0641. The number of hydrogen-bond donors (Lipinski definition) is 3. The van der Waals surface area contributed by atoms with Crippen LogP contribution >= 0.6 is 0 Å². The molecule has 1 aromatic rings. The number of carbonyl (C=O) groups is 2. The molecule has 0 aliphatic carbocycles. The number of aldehydes is 1. The average molecular weight is 337 g/mol. The number of carbonyl (C=O) groups excluding carboxylic acids is 2. The number of benzene rings is 1. The summed E-state index contributed by atoms with van der Waals surface area (Å²) in [7, 11) is 0. The number of rotatable bonds is 7. The van der Waals surface area contributed by atoms with E-state index in [2.05, 4.69) is 5.43 Å². The Morgan fingerprint density at radius 3 is 2.92 bits per heavy atom. The first-order valence-electron chi connectivity index (χ1n) is 7.77. The van der Waals surface area contributed by atoms with Crippen molar-refractivity contribution in [3.8, 4) is 0 Å². The predicted molar refractivity (Wildman–Crippen MR) is 86.5 cm³/mol. The standard InChI is InChI=1S/C16H23N3O5/c1-11(6-7-20)9-23-16(22)18-19-10-24-15(21)14(19)8-12-2-4-13(17)5-3-12/h2-5,7,11,14-15,21H,6,8-10,17H2,1H3,(H,18,22). The lowest BCUT2D eigenvalue weighted by molar-refractivity contribution is -0.108. The van der Waals surface area contributed by atoms with Gasteiger partial charge in [0, 0.05) is 12.1 Å². The van der Waals surface area contributed by atoms with Gasteiger partial charge in [-0.1, -0.05) is 19.1 Å². The second-order valence-corrected chi connectivity index (χ2v) is 5.89. The fourth-order valence-corrected chi connectivity index (χ4v) is 2.34. The van der Waals surface area contributed by atoms with Crippen molar-refractivity contribution >= 4 is 18.1 Å². The minimum atomic E-state index is -1.02. The van der Waals surface area contributed by atoms with Crippen LogP contribution in [0.15, 0.2) is 24.3 Å². The second-order valence-electron chi connectivity index (χ2n) is 5.89. The predicted octanol–water partition coefficient (Wildman–Crippen LogP) is 0.654. The number of nitrogen functional groups attached to an aromatic ring is 1. The number of aliphatic hydroxyl groups is 1. The monoisotopic (exact) mass is 337 g/mol. The SMILES string of the molecule is CC(CC=O)COC(=O)NN1COC(O)C1Cc1ccc(N)cc1. The normalized spacial score (nSPS) is 22.1. The molecule has 0 radical (unpaired) electrons. The zero-order chi connectivity index (χ0) is 17.5. The van der Waals surface area contributed by atoms with E-state index in [1.807, 2.05) is 19.1 Å². The van der Waals surface area contributed by atoms with Crippen LogP contribution in [0.1, 0.15) is 18.9 Å². The fraction of sp³-hybridized carbons (Fsp3) is 0.500. The van der Waals surface area contributed by atoms with E-state index in [1.54, 1.807) is 12.1 Å². The molecule has 1 amide bonds. The highest BCUT2D eigenvalue weighted by Gasteiger charge is 2.35. The van der Waals surface area contributed by atoms with Gasteiger partial charge in [-0.2, -0.15) is 5.01 Å². The summed E-state index contributed by atoms with van der Waals surface area (Å²) in [5.41, 5.74) is 9.83. The maximum Gasteiger partial charge on any atom is 0.421 e. The van der Waals surface area contributed by atoms with Crippen molar-refractivity contribution in [3.05, 3.63) is 29.8 Å². The van der Waals surface area contributed by atoms with Gasteiger partial charge in [0.15, 0.2) is 6.29 Å². The number of nitrogens with one attached hydrogen (secondary N) is 1. The molecule has 8 nitrogen and oxygen atoms in total. The molecule has 4 N–H and O–H groups in total. The summed E-state index contributed by atoms with van der Waals surface area (Å²) in [6, 6.07) is 6.83. The third-order valence-electron chi connectivity index (χ3n) is 3.77. The summed E-state index contributed by atoms with van der Waals surface area (Å²) in [4.78, 5) is 22.2. The molecule has 0 aromatic heterocycles. The lowest BCUT2D eigenvalue weighted by atomic mass is 10.1. The molecule has 1 heterocycles. The molecule has 1 saturated heterocycles. The number of nitrogens with zero attached hydrogens (tertiary/aromatic N) is 1. The highest BCUT2D eigenvalue weighted by molar-refractivity contribution is 5.66. The van der Waals surface area contributed by atoms with Crippen molar-refractivity contribution < 1.29 is 24.2 Å². The molecule has 1 aliphatic rings. The van der Waals surface area contributed by atoms with Crippen LogP contribution < -0.4 is 11.2 Å². The van der Waals surface area contributed by atoms with Crippen LogP contribution in [0.3, 0.4) is 0 Å². The topological polar surface area (TPSA) is 114 Å². The molecule has 1 fully saturated rings. The van der Waals surface area contributed by atoms with Crippen LogP contribution in [-0.2, 0) is 20.7 Å². The lowest BCUT2D eigenvalue weighted by Crippen LogP contribution is -2.48. The van der Waals surface area contributed by atoms with Gasteiger partial charge in [-0.15, -0.1) is 0 Å². The zero-order valence-corrected chi connectivity index (χ0v) is 13.6. The molecule has 132 valence electrons. The first-order chi connectivity index (χ1) is 11.5. The van der Waals surface area contributed by atoms with Crippen molar-refractivity contribution in [3.63, 3.8) is 0 Å². The first kappa shape index (κ1) is 18.2. The lowest BCUT2D eigenvalue weighted by Gasteiger charge is -2.24. The number of aliphatic hydroxyl groups excluding tert-OH is 1.